The zero-order chi connectivity index (χ0) is 10.6. The number of rotatable bonds is 0. The quantitative estimate of drug-likeness (QED) is 0.595. The molecule has 4 heteroatoms. The smallest absolute Gasteiger partial charge is 0.410 e. The standard InChI is InChI=1S/C10H17NO3/c1-8-9(12)6-4-3-5-7-11(8)10(13)14-2/h8H,3-7H2,1-2H3. The first kappa shape index (κ1) is 11.0. The molecule has 1 fully saturated rings. The number of amides is 1. The second-order valence-corrected chi connectivity index (χ2v) is 3.62. The van der Waals surface area contributed by atoms with Gasteiger partial charge in [0.1, 0.15) is 0 Å². The maximum atomic E-state index is 11.5. The monoisotopic (exact) mass is 199 g/mol. The number of Topliss-reactive ketones (excluding diaryl/α,β-unsaturated/α-hetero) is 1. The summed E-state index contributed by atoms with van der Waals surface area (Å²) in [7, 11) is 1.35. The summed E-state index contributed by atoms with van der Waals surface area (Å²) >= 11 is 0. The number of likely N-dealkylation sites (tertiary alicyclic amines) is 1. The number of ether oxygens (including phenoxy) is 1. The van der Waals surface area contributed by atoms with E-state index in [1.807, 2.05) is 0 Å². The van der Waals surface area contributed by atoms with Crippen LogP contribution in [0.3, 0.4) is 0 Å². The van der Waals surface area contributed by atoms with Gasteiger partial charge < -0.3 is 4.74 Å². The van der Waals surface area contributed by atoms with E-state index in [9.17, 15) is 9.59 Å². The number of methoxy groups -OCH3 is 1. The molecule has 1 saturated heterocycles. The van der Waals surface area contributed by atoms with Gasteiger partial charge in [-0.15, -0.1) is 0 Å². The first-order valence-electron chi connectivity index (χ1n) is 5.04. The lowest BCUT2D eigenvalue weighted by Gasteiger charge is -2.28. The van der Waals surface area contributed by atoms with E-state index in [1.54, 1.807) is 6.92 Å². The normalized spacial score (nSPS) is 24.0. The van der Waals surface area contributed by atoms with Crippen molar-refractivity contribution in [3.63, 3.8) is 0 Å². The van der Waals surface area contributed by atoms with E-state index < -0.39 is 6.09 Å². The highest BCUT2D eigenvalue weighted by Crippen LogP contribution is 2.14. The molecule has 1 aliphatic heterocycles. The van der Waals surface area contributed by atoms with Crippen LogP contribution in [-0.4, -0.2) is 36.5 Å². The SMILES string of the molecule is COC(=O)N1CCCCCC(=O)C1C. The lowest BCUT2D eigenvalue weighted by molar-refractivity contribution is -0.123. The molecule has 1 aliphatic rings. The summed E-state index contributed by atoms with van der Waals surface area (Å²) < 4.78 is 4.64. The molecule has 0 saturated carbocycles. The van der Waals surface area contributed by atoms with Crippen LogP contribution in [0.5, 0.6) is 0 Å². The van der Waals surface area contributed by atoms with E-state index in [-0.39, 0.29) is 11.8 Å². The average Bonchev–Trinajstić information content (AvgIpc) is 2.19. The van der Waals surface area contributed by atoms with Crippen molar-refractivity contribution in [3.05, 3.63) is 0 Å². The van der Waals surface area contributed by atoms with Crippen molar-refractivity contribution in [1.82, 2.24) is 4.90 Å². The molecule has 0 bridgehead atoms. The summed E-state index contributed by atoms with van der Waals surface area (Å²) in [6.45, 7) is 2.39. The molecule has 14 heavy (non-hydrogen) atoms. The number of carbonyl (C=O) groups is 2. The van der Waals surface area contributed by atoms with Crippen molar-refractivity contribution in [3.8, 4) is 0 Å². The summed E-state index contributed by atoms with van der Waals surface area (Å²) in [5.74, 6) is 0.134. The molecule has 1 unspecified atom stereocenters. The van der Waals surface area contributed by atoms with Gasteiger partial charge in [0.05, 0.1) is 13.2 Å². The highest BCUT2D eigenvalue weighted by atomic mass is 16.5. The minimum Gasteiger partial charge on any atom is -0.453 e. The molecule has 0 radical (unpaired) electrons. The summed E-state index contributed by atoms with van der Waals surface area (Å²) in [6.07, 6.45) is 3.08. The highest BCUT2D eigenvalue weighted by Gasteiger charge is 2.26. The maximum absolute atomic E-state index is 11.5. The van der Waals surface area contributed by atoms with Gasteiger partial charge in [0.2, 0.25) is 0 Å². The molecular formula is C10H17NO3. The molecule has 1 rings (SSSR count). The molecule has 0 aliphatic carbocycles. The van der Waals surface area contributed by atoms with Crippen molar-refractivity contribution in [2.75, 3.05) is 13.7 Å². The minimum absolute atomic E-state index is 0.134. The second kappa shape index (κ2) is 4.98. The highest BCUT2D eigenvalue weighted by molar-refractivity contribution is 5.87. The van der Waals surface area contributed by atoms with Gasteiger partial charge >= 0.3 is 6.09 Å². The Bertz CT molecular complexity index is 225. The third-order valence-electron chi connectivity index (χ3n) is 2.66. The van der Waals surface area contributed by atoms with Crippen molar-refractivity contribution < 1.29 is 14.3 Å². The van der Waals surface area contributed by atoms with Crippen LogP contribution in [0.1, 0.15) is 32.6 Å². The molecule has 1 heterocycles. The van der Waals surface area contributed by atoms with Crippen molar-refractivity contribution in [1.29, 1.82) is 0 Å². The lowest BCUT2D eigenvalue weighted by Crippen LogP contribution is -2.44. The first-order chi connectivity index (χ1) is 6.66. The Hall–Kier alpha value is -1.06. The molecule has 0 aromatic carbocycles. The molecule has 1 amide bonds. The first-order valence-corrected chi connectivity index (χ1v) is 5.04. The Morgan fingerprint density at radius 3 is 2.79 bits per heavy atom. The van der Waals surface area contributed by atoms with Gasteiger partial charge in [-0.2, -0.15) is 0 Å². The number of carbonyl (C=O) groups excluding carboxylic acids is 2. The zero-order valence-electron chi connectivity index (χ0n) is 8.78. The molecule has 0 N–H and O–H groups in total. The van der Waals surface area contributed by atoms with Gasteiger partial charge in [-0.25, -0.2) is 4.79 Å². The average molecular weight is 199 g/mol. The summed E-state index contributed by atoms with van der Waals surface area (Å²) in [6, 6.07) is -0.331. The fourth-order valence-corrected chi connectivity index (χ4v) is 1.70. The maximum Gasteiger partial charge on any atom is 0.410 e. The number of hydrogen-bond donors (Lipinski definition) is 0. The molecule has 1 atom stereocenters. The second-order valence-electron chi connectivity index (χ2n) is 3.62. The number of ketones is 1. The van der Waals surface area contributed by atoms with E-state index in [0.29, 0.717) is 13.0 Å². The van der Waals surface area contributed by atoms with Gasteiger partial charge in [0, 0.05) is 13.0 Å². The molecular weight excluding hydrogens is 182 g/mol. The third kappa shape index (κ3) is 2.47. The predicted molar refractivity (Wildman–Crippen MR) is 52.0 cm³/mol. The number of nitrogens with zero attached hydrogens (tertiary/aromatic N) is 1. The van der Waals surface area contributed by atoms with Crippen LogP contribution in [0.15, 0.2) is 0 Å². The molecule has 4 nitrogen and oxygen atoms in total. The molecule has 80 valence electrons. The lowest BCUT2D eigenvalue weighted by atomic mass is 10.0. The van der Waals surface area contributed by atoms with Gasteiger partial charge in [-0.05, 0) is 19.8 Å². The molecule has 0 aromatic heterocycles. The van der Waals surface area contributed by atoms with Gasteiger partial charge in [0.25, 0.3) is 0 Å². The Morgan fingerprint density at radius 1 is 1.43 bits per heavy atom. The van der Waals surface area contributed by atoms with Crippen LogP contribution < -0.4 is 0 Å². The van der Waals surface area contributed by atoms with E-state index in [0.717, 1.165) is 19.3 Å². The van der Waals surface area contributed by atoms with Crippen LogP contribution in [0, 0.1) is 0 Å². The summed E-state index contributed by atoms with van der Waals surface area (Å²) in [5, 5.41) is 0. The Labute approximate surface area is 84.2 Å². The predicted octanol–water partition coefficient (Wildman–Crippen LogP) is 1.59. The van der Waals surface area contributed by atoms with Crippen LogP contribution >= 0.6 is 0 Å². The fraction of sp³-hybridized carbons (Fsp3) is 0.800. The van der Waals surface area contributed by atoms with Crippen molar-refractivity contribution >= 4 is 11.9 Å². The van der Waals surface area contributed by atoms with Gasteiger partial charge in [-0.1, -0.05) is 6.42 Å². The Morgan fingerprint density at radius 2 is 2.14 bits per heavy atom. The number of hydrogen-bond acceptors (Lipinski definition) is 3. The molecule has 0 spiro atoms. The Kier molecular flexibility index (Phi) is 3.92. The van der Waals surface area contributed by atoms with E-state index in [1.165, 1.54) is 12.0 Å². The third-order valence-corrected chi connectivity index (χ3v) is 2.66. The van der Waals surface area contributed by atoms with E-state index in [2.05, 4.69) is 4.74 Å². The largest absolute Gasteiger partial charge is 0.453 e. The topological polar surface area (TPSA) is 46.6 Å². The minimum atomic E-state index is -0.396. The van der Waals surface area contributed by atoms with Crippen LogP contribution in [0.2, 0.25) is 0 Å². The Balaban J connectivity index is 2.68. The summed E-state index contributed by atoms with van der Waals surface area (Å²) in [5.41, 5.74) is 0. The van der Waals surface area contributed by atoms with Crippen LogP contribution in [-0.2, 0) is 9.53 Å². The van der Waals surface area contributed by atoms with Crippen molar-refractivity contribution in [2.45, 2.75) is 38.6 Å². The van der Waals surface area contributed by atoms with Crippen LogP contribution in [0.4, 0.5) is 4.79 Å². The molecule has 0 aromatic rings. The summed E-state index contributed by atoms with van der Waals surface area (Å²) in [4.78, 5) is 24.4. The van der Waals surface area contributed by atoms with E-state index >= 15 is 0 Å². The van der Waals surface area contributed by atoms with Gasteiger partial charge in [0.15, 0.2) is 5.78 Å². The van der Waals surface area contributed by atoms with Gasteiger partial charge in [-0.3, -0.25) is 9.69 Å². The van der Waals surface area contributed by atoms with E-state index in [4.69, 9.17) is 0 Å². The zero-order valence-corrected chi connectivity index (χ0v) is 8.78. The van der Waals surface area contributed by atoms with Crippen LogP contribution in [0.25, 0.3) is 0 Å². The van der Waals surface area contributed by atoms with Crippen molar-refractivity contribution in [2.24, 2.45) is 0 Å². The fourth-order valence-electron chi connectivity index (χ4n) is 1.70.